The first kappa shape index (κ1) is 22.6. The topological polar surface area (TPSA) is 63.1 Å². The molecule has 0 fully saturated rings. The largest absolute Gasteiger partial charge is 0.372 e. The van der Waals surface area contributed by atoms with E-state index >= 15 is 0 Å². The first-order chi connectivity index (χ1) is 17.0. The van der Waals surface area contributed by atoms with Gasteiger partial charge in [-0.2, -0.15) is 4.80 Å². The summed E-state index contributed by atoms with van der Waals surface area (Å²) < 4.78 is 0. The molecule has 6 nitrogen and oxygen atoms in total. The number of aryl methyl sites for hydroxylation is 2. The van der Waals surface area contributed by atoms with E-state index < -0.39 is 0 Å². The molecule has 0 aliphatic carbocycles. The van der Waals surface area contributed by atoms with Crippen LogP contribution in [0.25, 0.3) is 27.5 Å². The molecule has 35 heavy (non-hydrogen) atoms. The number of hydrogen-bond donors (Lipinski definition) is 1. The van der Waals surface area contributed by atoms with Crippen molar-refractivity contribution in [3.8, 4) is 5.69 Å². The molecule has 1 amide bonds. The molecular weight excluding hydrogens is 434 g/mol. The van der Waals surface area contributed by atoms with Crippen molar-refractivity contribution in [2.45, 2.75) is 27.7 Å². The summed E-state index contributed by atoms with van der Waals surface area (Å²) in [6, 6.07) is 23.9. The second-order valence-electron chi connectivity index (χ2n) is 8.77. The van der Waals surface area contributed by atoms with E-state index in [0.717, 1.165) is 57.4 Å². The fourth-order valence-corrected chi connectivity index (χ4v) is 4.57. The van der Waals surface area contributed by atoms with Crippen molar-refractivity contribution in [3.63, 3.8) is 0 Å². The average Bonchev–Trinajstić information content (AvgIpc) is 3.27. The van der Waals surface area contributed by atoms with Gasteiger partial charge in [0.05, 0.1) is 5.69 Å². The molecule has 0 saturated heterocycles. The minimum atomic E-state index is -0.139. The van der Waals surface area contributed by atoms with Gasteiger partial charge in [0.25, 0.3) is 5.91 Å². The zero-order valence-electron chi connectivity index (χ0n) is 20.5. The van der Waals surface area contributed by atoms with Crippen LogP contribution in [-0.2, 0) is 0 Å². The van der Waals surface area contributed by atoms with Gasteiger partial charge < -0.3 is 10.2 Å². The summed E-state index contributed by atoms with van der Waals surface area (Å²) in [5.41, 5.74) is 7.08. The van der Waals surface area contributed by atoms with Crippen LogP contribution in [0.5, 0.6) is 0 Å². The van der Waals surface area contributed by atoms with Crippen LogP contribution in [0.1, 0.15) is 35.3 Å². The summed E-state index contributed by atoms with van der Waals surface area (Å²) in [4.78, 5) is 17.2. The van der Waals surface area contributed by atoms with Crippen LogP contribution in [-0.4, -0.2) is 34.0 Å². The molecule has 1 heterocycles. The quantitative estimate of drug-likeness (QED) is 0.321. The molecule has 1 aromatic heterocycles. The molecule has 6 heteroatoms. The second kappa shape index (κ2) is 9.22. The summed E-state index contributed by atoms with van der Waals surface area (Å²) >= 11 is 0. The molecule has 0 atom stereocenters. The van der Waals surface area contributed by atoms with E-state index in [1.165, 1.54) is 5.69 Å². The number of carbonyl (C=O) groups excluding carboxylic acids is 1. The van der Waals surface area contributed by atoms with Gasteiger partial charge in [-0.3, -0.25) is 4.79 Å². The maximum Gasteiger partial charge on any atom is 0.256 e. The zero-order chi connectivity index (χ0) is 24.5. The van der Waals surface area contributed by atoms with Gasteiger partial charge in [0.15, 0.2) is 0 Å². The highest BCUT2D eigenvalue weighted by Crippen LogP contribution is 2.26. The highest BCUT2D eigenvalue weighted by Gasteiger charge is 2.15. The van der Waals surface area contributed by atoms with Crippen LogP contribution in [0.4, 0.5) is 11.4 Å². The Kier molecular flexibility index (Phi) is 5.95. The van der Waals surface area contributed by atoms with Crippen molar-refractivity contribution < 1.29 is 4.79 Å². The fourth-order valence-electron chi connectivity index (χ4n) is 4.57. The molecule has 0 bridgehead atoms. The van der Waals surface area contributed by atoms with Crippen molar-refractivity contribution in [3.05, 3.63) is 89.5 Å². The van der Waals surface area contributed by atoms with E-state index in [-0.39, 0.29) is 5.91 Å². The number of nitrogens with one attached hydrogen (secondary N) is 1. The van der Waals surface area contributed by atoms with Gasteiger partial charge >= 0.3 is 0 Å². The molecular formula is C29H29N5O. The molecule has 5 rings (SSSR count). The Bertz CT molecular complexity index is 1540. The van der Waals surface area contributed by atoms with Crippen LogP contribution >= 0.6 is 0 Å². The minimum absolute atomic E-state index is 0.139. The van der Waals surface area contributed by atoms with Crippen molar-refractivity contribution >= 4 is 39.1 Å². The number of benzene rings is 4. The Morgan fingerprint density at radius 1 is 0.857 bits per heavy atom. The van der Waals surface area contributed by atoms with Crippen LogP contribution in [0, 0.1) is 13.8 Å². The predicted molar refractivity (Wildman–Crippen MR) is 144 cm³/mol. The molecule has 4 aromatic carbocycles. The van der Waals surface area contributed by atoms with Crippen LogP contribution in [0.2, 0.25) is 0 Å². The zero-order valence-corrected chi connectivity index (χ0v) is 20.5. The molecule has 176 valence electrons. The number of hydrogen-bond acceptors (Lipinski definition) is 4. The Labute approximate surface area is 205 Å². The SMILES string of the molecule is CCN(CC)c1ccc(-n2nc3cc(C)c(NC(=O)c4cccc5ccccc45)cc3n2)c(C)c1. The van der Waals surface area contributed by atoms with Crippen molar-refractivity contribution in [1.29, 1.82) is 0 Å². The van der Waals surface area contributed by atoms with E-state index in [1.54, 1.807) is 4.80 Å². The van der Waals surface area contributed by atoms with Gasteiger partial charge in [0, 0.05) is 30.0 Å². The number of fused-ring (bicyclic) bond motifs is 2. The number of rotatable bonds is 6. The molecule has 0 aliphatic rings. The monoisotopic (exact) mass is 463 g/mol. The second-order valence-corrected chi connectivity index (χ2v) is 8.77. The number of amides is 1. The van der Waals surface area contributed by atoms with Crippen molar-refractivity contribution in [2.24, 2.45) is 0 Å². The molecule has 0 spiro atoms. The lowest BCUT2D eigenvalue weighted by atomic mass is 10.0. The standard InChI is InChI=1S/C29H29N5O/c1-5-33(6-2)22-14-15-28(20(4)16-22)34-31-26-17-19(3)25(18-27(26)32-34)30-29(35)24-13-9-11-21-10-7-8-12-23(21)24/h7-18H,5-6H2,1-4H3,(H,30,35). The maximum absolute atomic E-state index is 13.2. The van der Waals surface area contributed by atoms with E-state index in [9.17, 15) is 4.79 Å². The Morgan fingerprint density at radius 3 is 2.31 bits per heavy atom. The fraction of sp³-hybridized carbons (Fsp3) is 0.207. The molecule has 0 unspecified atom stereocenters. The summed E-state index contributed by atoms with van der Waals surface area (Å²) in [5.74, 6) is -0.139. The number of carbonyl (C=O) groups is 1. The molecule has 0 saturated carbocycles. The first-order valence-corrected chi connectivity index (χ1v) is 12.0. The third-order valence-electron chi connectivity index (χ3n) is 6.53. The molecule has 0 radical (unpaired) electrons. The average molecular weight is 464 g/mol. The van der Waals surface area contributed by atoms with Gasteiger partial charge in [-0.05, 0) is 86.0 Å². The summed E-state index contributed by atoms with van der Waals surface area (Å²) in [5, 5.41) is 14.5. The lowest BCUT2D eigenvalue weighted by molar-refractivity contribution is 0.102. The van der Waals surface area contributed by atoms with E-state index in [1.807, 2.05) is 61.5 Å². The van der Waals surface area contributed by atoms with Gasteiger partial charge in [-0.15, -0.1) is 10.2 Å². The summed E-state index contributed by atoms with van der Waals surface area (Å²) in [6.45, 7) is 10.3. The van der Waals surface area contributed by atoms with Gasteiger partial charge in [0.2, 0.25) is 0 Å². The minimum Gasteiger partial charge on any atom is -0.372 e. The smallest absolute Gasteiger partial charge is 0.256 e. The number of anilines is 2. The molecule has 5 aromatic rings. The Morgan fingerprint density at radius 2 is 1.57 bits per heavy atom. The summed E-state index contributed by atoms with van der Waals surface area (Å²) in [6.07, 6.45) is 0. The summed E-state index contributed by atoms with van der Waals surface area (Å²) in [7, 11) is 0. The van der Waals surface area contributed by atoms with Crippen LogP contribution in [0.15, 0.2) is 72.8 Å². The normalized spacial score (nSPS) is 11.2. The third-order valence-corrected chi connectivity index (χ3v) is 6.53. The maximum atomic E-state index is 13.2. The predicted octanol–water partition coefficient (Wildman–Crippen LogP) is 6.29. The highest BCUT2D eigenvalue weighted by atomic mass is 16.1. The van der Waals surface area contributed by atoms with Crippen molar-refractivity contribution in [1.82, 2.24) is 15.0 Å². The van der Waals surface area contributed by atoms with Gasteiger partial charge in [-0.1, -0.05) is 36.4 Å². The lowest BCUT2D eigenvalue weighted by Gasteiger charge is -2.22. The molecule has 1 N–H and O–H groups in total. The highest BCUT2D eigenvalue weighted by molar-refractivity contribution is 6.13. The lowest BCUT2D eigenvalue weighted by Crippen LogP contribution is -2.21. The first-order valence-electron chi connectivity index (χ1n) is 12.0. The number of aromatic nitrogens is 3. The molecule has 0 aliphatic heterocycles. The van der Waals surface area contributed by atoms with E-state index in [4.69, 9.17) is 10.2 Å². The Hall–Kier alpha value is -4.19. The third kappa shape index (κ3) is 4.23. The van der Waals surface area contributed by atoms with Crippen LogP contribution < -0.4 is 10.2 Å². The van der Waals surface area contributed by atoms with E-state index in [0.29, 0.717) is 5.56 Å². The van der Waals surface area contributed by atoms with Crippen molar-refractivity contribution in [2.75, 3.05) is 23.3 Å². The Balaban J connectivity index is 1.47. The number of nitrogens with zero attached hydrogens (tertiary/aromatic N) is 4. The van der Waals surface area contributed by atoms with E-state index in [2.05, 4.69) is 49.2 Å². The van der Waals surface area contributed by atoms with Gasteiger partial charge in [0.1, 0.15) is 11.0 Å². The van der Waals surface area contributed by atoms with Gasteiger partial charge in [-0.25, -0.2) is 0 Å². The van der Waals surface area contributed by atoms with Crippen LogP contribution in [0.3, 0.4) is 0 Å².